The zero-order valence-electron chi connectivity index (χ0n) is 8.63. The largest absolute Gasteiger partial charge is 0.423 e. The lowest BCUT2D eigenvalue weighted by molar-refractivity contribution is 0.407. The summed E-state index contributed by atoms with van der Waals surface area (Å²) in [7, 11) is 0. The van der Waals surface area contributed by atoms with Gasteiger partial charge in [-0.2, -0.15) is 0 Å². The summed E-state index contributed by atoms with van der Waals surface area (Å²) in [5, 5.41) is 0. The molecule has 4 heteroatoms. The lowest BCUT2D eigenvalue weighted by Gasteiger charge is -2.02. The average molecular weight is 217 g/mol. The molecule has 4 nitrogen and oxygen atoms in total. The van der Waals surface area contributed by atoms with E-state index in [4.69, 9.17) is 9.15 Å². The molecular formula is C12H11NO3. The molecule has 0 aliphatic carbocycles. The lowest BCUT2D eigenvalue weighted by Crippen LogP contribution is -2.10. The molecule has 1 atom stereocenters. The van der Waals surface area contributed by atoms with Gasteiger partial charge in [0, 0.05) is 6.42 Å². The van der Waals surface area contributed by atoms with Crippen LogP contribution in [0.2, 0.25) is 0 Å². The maximum absolute atomic E-state index is 11.3. The minimum atomic E-state index is -0.363. The molecule has 1 unspecified atom stereocenters. The summed E-state index contributed by atoms with van der Waals surface area (Å²) in [5.74, 6) is -0.363. The van der Waals surface area contributed by atoms with Crippen LogP contribution in [0.5, 0.6) is 0 Å². The van der Waals surface area contributed by atoms with E-state index in [1.807, 2.05) is 24.3 Å². The van der Waals surface area contributed by atoms with Gasteiger partial charge in [0.1, 0.15) is 6.26 Å². The van der Waals surface area contributed by atoms with Crippen LogP contribution in [0.4, 0.5) is 0 Å². The highest BCUT2D eigenvalue weighted by Crippen LogP contribution is 2.17. The molecule has 1 saturated heterocycles. The Kier molecular flexibility index (Phi) is 2.15. The van der Waals surface area contributed by atoms with E-state index in [-0.39, 0.29) is 5.76 Å². The Labute approximate surface area is 92.1 Å². The molecule has 1 aliphatic rings. The Morgan fingerprint density at radius 2 is 2.06 bits per heavy atom. The second-order valence-corrected chi connectivity index (χ2v) is 3.86. The number of ether oxygens (including phenoxy) is 1. The molecular weight excluding hydrogens is 206 g/mol. The summed E-state index contributed by atoms with van der Waals surface area (Å²) < 4.78 is 11.3. The molecule has 0 amide bonds. The standard InChI is InChI=1S/C12H11NO3/c14-12-13(5-6-15-12)10-3-1-9(2-4-10)7-11-8-16-11/h1-6,11H,7-8H2. The van der Waals surface area contributed by atoms with Crippen LogP contribution in [0.3, 0.4) is 0 Å². The number of aromatic nitrogens is 1. The van der Waals surface area contributed by atoms with E-state index in [1.54, 1.807) is 6.20 Å². The minimum absolute atomic E-state index is 0.363. The third-order valence-electron chi connectivity index (χ3n) is 2.66. The van der Waals surface area contributed by atoms with Gasteiger partial charge in [0.25, 0.3) is 0 Å². The maximum Gasteiger partial charge on any atom is 0.423 e. The zero-order valence-corrected chi connectivity index (χ0v) is 8.63. The van der Waals surface area contributed by atoms with Gasteiger partial charge in [-0.3, -0.25) is 0 Å². The van der Waals surface area contributed by atoms with E-state index in [0.717, 1.165) is 18.7 Å². The van der Waals surface area contributed by atoms with Crippen molar-refractivity contribution in [1.29, 1.82) is 0 Å². The highest BCUT2D eigenvalue weighted by Gasteiger charge is 2.22. The summed E-state index contributed by atoms with van der Waals surface area (Å²) >= 11 is 0. The molecule has 0 radical (unpaired) electrons. The van der Waals surface area contributed by atoms with Crippen molar-refractivity contribution in [3.8, 4) is 5.69 Å². The predicted octanol–water partition coefficient (Wildman–Crippen LogP) is 1.37. The number of nitrogens with zero attached hydrogens (tertiary/aromatic N) is 1. The molecule has 0 bridgehead atoms. The summed E-state index contributed by atoms with van der Waals surface area (Å²) in [6.45, 7) is 0.864. The first-order chi connectivity index (χ1) is 7.83. The van der Waals surface area contributed by atoms with Crippen LogP contribution in [0.1, 0.15) is 5.56 Å². The van der Waals surface area contributed by atoms with Gasteiger partial charge in [0.05, 0.1) is 24.6 Å². The van der Waals surface area contributed by atoms with Crippen LogP contribution in [-0.2, 0) is 11.2 Å². The number of oxazole rings is 1. The van der Waals surface area contributed by atoms with E-state index < -0.39 is 0 Å². The number of rotatable bonds is 3. The van der Waals surface area contributed by atoms with E-state index in [1.165, 1.54) is 16.4 Å². The number of benzene rings is 1. The lowest BCUT2D eigenvalue weighted by atomic mass is 10.1. The Morgan fingerprint density at radius 1 is 1.31 bits per heavy atom. The molecule has 1 aromatic heterocycles. The van der Waals surface area contributed by atoms with E-state index in [0.29, 0.717) is 6.10 Å². The molecule has 3 rings (SSSR count). The smallest absolute Gasteiger partial charge is 0.416 e. The first-order valence-corrected chi connectivity index (χ1v) is 5.20. The number of hydrogen-bond donors (Lipinski definition) is 0. The summed E-state index contributed by atoms with van der Waals surface area (Å²) in [5.41, 5.74) is 2.04. The van der Waals surface area contributed by atoms with Crippen molar-refractivity contribution in [2.45, 2.75) is 12.5 Å². The van der Waals surface area contributed by atoms with Gasteiger partial charge >= 0.3 is 5.76 Å². The molecule has 2 aromatic rings. The average Bonchev–Trinajstić information content (AvgIpc) is 3.00. The van der Waals surface area contributed by atoms with Gasteiger partial charge in [-0.25, -0.2) is 9.36 Å². The Morgan fingerprint density at radius 3 is 2.62 bits per heavy atom. The van der Waals surface area contributed by atoms with Gasteiger partial charge in [-0.05, 0) is 17.7 Å². The number of hydrogen-bond acceptors (Lipinski definition) is 3. The second kappa shape index (κ2) is 3.64. The van der Waals surface area contributed by atoms with Crippen molar-refractivity contribution in [3.63, 3.8) is 0 Å². The first-order valence-electron chi connectivity index (χ1n) is 5.20. The Bertz CT molecular complexity index is 534. The molecule has 1 aromatic carbocycles. The van der Waals surface area contributed by atoms with Crippen molar-refractivity contribution >= 4 is 0 Å². The molecule has 0 spiro atoms. The van der Waals surface area contributed by atoms with Crippen LogP contribution < -0.4 is 5.76 Å². The van der Waals surface area contributed by atoms with Gasteiger partial charge in [0.15, 0.2) is 0 Å². The molecule has 0 N–H and O–H groups in total. The van der Waals surface area contributed by atoms with Crippen molar-refractivity contribution < 1.29 is 9.15 Å². The summed E-state index contributed by atoms with van der Waals surface area (Å²) in [6.07, 6.45) is 4.33. The minimum Gasteiger partial charge on any atom is -0.416 e. The van der Waals surface area contributed by atoms with E-state index >= 15 is 0 Å². The molecule has 1 aliphatic heterocycles. The van der Waals surface area contributed by atoms with E-state index in [9.17, 15) is 4.79 Å². The Hall–Kier alpha value is -1.81. The fraction of sp³-hybridized carbons (Fsp3) is 0.250. The summed E-state index contributed by atoms with van der Waals surface area (Å²) in [4.78, 5) is 11.3. The summed E-state index contributed by atoms with van der Waals surface area (Å²) in [6, 6.07) is 7.84. The predicted molar refractivity (Wildman–Crippen MR) is 57.7 cm³/mol. The molecule has 1 fully saturated rings. The van der Waals surface area contributed by atoms with Crippen LogP contribution in [0.15, 0.2) is 45.9 Å². The van der Waals surface area contributed by atoms with Crippen LogP contribution in [0, 0.1) is 0 Å². The monoisotopic (exact) mass is 217 g/mol. The van der Waals surface area contributed by atoms with Gasteiger partial charge in [0.2, 0.25) is 0 Å². The fourth-order valence-electron chi connectivity index (χ4n) is 1.70. The Balaban J connectivity index is 1.86. The van der Waals surface area contributed by atoms with Crippen LogP contribution in [0.25, 0.3) is 5.69 Å². The van der Waals surface area contributed by atoms with Crippen molar-refractivity contribution in [1.82, 2.24) is 4.57 Å². The molecule has 0 saturated carbocycles. The normalized spacial score (nSPS) is 18.6. The quantitative estimate of drug-likeness (QED) is 0.729. The van der Waals surface area contributed by atoms with Gasteiger partial charge in [-0.1, -0.05) is 12.1 Å². The molecule has 16 heavy (non-hydrogen) atoms. The highest BCUT2D eigenvalue weighted by atomic mass is 16.6. The third-order valence-corrected chi connectivity index (χ3v) is 2.66. The first kappa shape index (κ1) is 9.42. The van der Waals surface area contributed by atoms with Gasteiger partial charge < -0.3 is 9.15 Å². The molecule has 82 valence electrons. The number of epoxide rings is 1. The van der Waals surface area contributed by atoms with Gasteiger partial charge in [-0.15, -0.1) is 0 Å². The van der Waals surface area contributed by atoms with Crippen molar-refractivity contribution in [2.24, 2.45) is 0 Å². The maximum atomic E-state index is 11.3. The van der Waals surface area contributed by atoms with Crippen molar-refractivity contribution in [2.75, 3.05) is 6.61 Å². The highest BCUT2D eigenvalue weighted by molar-refractivity contribution is 5.34. The second-order valence-electron chi connectivity index (χ2n) is 3.86. The fourth-order valence-corrected chi connectivity index (χ4v) is 1.70. The van der Waals surface area contributed by atoms with Crippen LogP contribution >= 0.6 is 0 Å². The molecule has 2 heterocycles. The zero-order chi connectivity index (χ0) is 11.0. The van der Waals surface area contributed by atoms with E-state index in [2.05, 4.69) is 0 Å². The van der Waals surface area contributed by atoms with Crippen molar-refractivity contribution in [3.05, 3.63) is 52.8 Å². The third kappa shape index (κ3) is 1.79. The SMILES string of the molecule is O=c1occn1-c1ccc(CC2CO2)cc1. The van der Waals surface area contributed by atoms with Crippen LogP contribution in [-0.4, -0.2) is 17.3 Å². The topological polar surface area (TPSA) is 47.7 Å².